The highest BCUT2D eigenvalue weighted by Gasteiger charge is 2.30. The van der Waals surface area contributed by atoms with E-state index in [2.05, 4.69) is 5.32 Å². The predicted octanol–water partition coefficient (Wildman–Crippen LogP) is 3.49. The largest absolute Gasteiger partial charge is 0.478 e. The summed E-state index contributed by atoms with van der Waals surface area (Å²) in [5, 5.41) is 10.9. The van der Waals surface area contributed by atoms with Crippen LogP contribution >= 0.6 is 0 Å². The molecule has 1 amide bonds. The third kappa shape index (κ3) is 4.00. The van der Waals surface area contributed by atoms with Crippen LogP contribution in [0.15, 0.2) is 47.4 Å². The van der Waals surface area contributed by atoms with Crippen LogP contribution in [-0.2, 0) is 9.84 Å². The zero-order valence-electron chi connectivity index (χ0n) is 14.3. The molecule has 0 saturated heterocycles. The molecule has 1 aliphatic carbocycles. The number of halogens is 1. The number of hydrogen-bond acceptors (Lipinski definition) is 4. The highest BCUT2D eigenvalue weighted by atomic mass is 32.2. The Kier molecular flexibility index (Phi) is 5.27. The maximum Gasteiger partial charge on any atom is 0.335 e. The molecule has 3 rings (SSSR count). The van der Waals surface area contributed by atoms with Gasteiger partial charge in [0.15, 0.2) is 9.84 Å². The standard InChI is InChI=1S/C19H18FNO5S/c20-16-10-7-13(19(23)24)11-17(16)21-18(22)12-5-8-15(9-6-12)27(25,26)14-3-1-2-4-14/h5-11,14H,1-4H2,(H,21,22)(H,23,24). The molecule has 2 aromatic carbocycles. The fourth-order valence-electron chi connectivity index (χ4n) is 3.14. The normalized spacial score (nSPS) is 14.9. The van der Waals surface area contributed by atoms with Gasteiger partial charge in [-0.3, -0.25) is 4.79 Å². The highest BCUT2D eigenvalue weighted by Crippen LogP contribution is 2.29. The van der Waals surface area contributed by atoms with Gasteiger partial charge in [0.25, 0.3) is 5.91 Å². The van der Waals surface area contributed by atoms with Crippen LogP contribution in [0.3, 0.4) is 0 Å². The quantitative estimate of drug-likeness (QED) is 0.813. The number of sulfone groups is 1. The van der Waals surface area contributed by atoms with Gasteiger partial charge in [-0.2, -0.15) is 0 Å². The summed E-state index contributed by atoms with van der Waals surface area (Å²) in [7, 11) is -3.42. The van der Waals surface area contributed by atoms with Gasteiger partial charge in [0.1, 0.15) is 5.82 Å². The lowest BCUT2D eigenvalue weighted by atomic mass is 10.1. The number of carbonyl (C=O) groups excluding carboxylic acids is 1. The monoisotopic (exact) mass is 391 g/mol. The molecule has 0 aromatic heterocycles. The molecule has 0 radical (unpaired) electrons. The maximum atomic E-state index is 13.8. The van der Waals surface area contributed by atoms with E-state index in [-0.39, 0.29) is 27.0 Å². The molecule has 0 atom stereocenters. The smallest absolute Gasteiger partial charge is 0.335 e. The van der Waals surface area contributed by atoms with E-state index in [1.165, 1.54) is 24.3 Å². The third-order valence-corrected chi connectivity index (χ3v) is 6.93. The molecule has 0 unspecified atom stereocenters. The number of benzene rings is 2. The minimum Gasteiger partial charge on any atom is -0.478 e. The van der Waals surface area contributed by atoms with Crippen LogP contribution in [0.5, 0.6) is 0 Å². The second-order valence-electron chi connectivity index (χ2n) is 6.43. The van der Waals surface area contributed by atoms with E-state index in [9.17, 15) is 22.4 Å². The first-order chi connectivity index (χ1) is 12.8. The first-order valence-electron chi connectivity index (χ1n) is 8.47. The summed E-state index contributed by atoms with van der Waals surface area (Å²) in [6, 6.07) is 8.52. The van der Waals surface area contributed by atoms with Crippen LogP contribution in [0.1, 0.15) is 46.4 Å². The van der Waals surface area contributed by atoms with Crippen LogP contribution in [0.25, 0.3) is 0 Å². The Morgan fingerprint density at radius 2 is 1.59 bits per heavy atom. The van der Waals surface area contributed by atoms with E-state index in [0.717, 1.165) is 31.0 Å². The van der Waals surface area contributed by atoms with Gasteiger partial charge in [-0.25, -0.2) is 17.6 Å². The molecule has 8 heteroatoms. The Balaban J connectivity index is 1.78. The third-order valence-electron chi connectivity index (χ3n) is 4.65. The molecule has 142 valence electrons. The van der Waals surface area contributed by atoms with Crippen molar-refractivity contribution in [3.05, 3.63) is 59.4 Å². The maximum absolute atomic E-state index is 13.8. The number of anilines is 1. The van der Waals surface area contributed by atoms with Crippen LogP contribution in [0, 0.1) is 5.82 Å². The fraction of sp³-hybridized carbons (Fsp3) is 0.263. The first-order valence-corrected chi connectivity index (χ1v) is 10.0. The Morgan fingerprint density at radius 1 is 1.00 bits per heavy atom. The number of rotatable bonds is 5. The van der Waals surface area contributed by atoms with Crippen molar-refractivity contribution in [2.75, 3.05) is 5.32 Å². The highest BCUT2D eigenvalue weighted by molar-refractivity contribution is 7.92. The summed E-state index contributed by atoms with van der Waals surface area (Å²) >= 11 is 0. The number of nitrogens with one attached hydrogen (secondary N) is 1. The van der Waals surface area contributed by atoms with E-state index in [4.69, 9.17) is 5.11 Å². The SMILES string of the molecule is O=C(O)c1ccc(F)c(NC(=O)c2ccc(S(=O)(=O)C3CCCC3)cc2)c1. The molecule has 2 N–H and O–H groups in total. The molecular formula is C19H18FNO5S. The van der Waals surface area contributed by atoms with Crippen molar-refractivity contribution in [2.45, 2.75) is 35.8 Å². The minimum atomic E-state index is -3.42. The molecular weight excluding hydrogens is 373 g/mol. The number of hydrogen-bond donors (Lipinski definition) is 2. The first kappa shape index (κ1) is 19.0. The average molecular weight is 391 g/mol. The molecule has 27 heavy (non-hydrogen) atoms. The van der Waals surface area contributed by atoms with Gasteiger partial charge in [-0.1, -0.05) is 12.8 Å². The molecule has 1 saturated carbocycles. The minimum absolute atomic E-state index is 0.139. The van der Waals surface area contributed by atoms with Crippen LogP contribution in [0.4, 0.5) is 10.1 Å². The van der Waals surface area contributed by atoms with E-state index in [1.54, 1.807) is 0 Å². The van der Waals surface area contributed by atoms with E-state index >= 15 is 0 Å². The lowest BCUT2D eigenvalue weighted by Gasteiger charge is -2.12. The van der Waals surface area contributed by atoms with Gasteiger partial charge in [-0.15, -0.1) is 0 Å². The Bertz CT molecular complexity index is 980. The lowest BCUT2D eigenvalue weighted by molar-refractivity contribution is 0.0696. The molecule has 0 bridgehead atoms. The van der Waals surface area contributed by atoms with Crippen molar-refractivity contribution in [2.24, 2.45) is 0 Å². The van der Waals surface area contributed by atoms with Gasteiger partial charge in [0.2, 0.25) is 0 Å². The molecule has 6 nitrogen and oxygen atoms in total. The number of carbonyl (C=O) groups is 2. The van der Waals surface area contributed by atoms with E-state index in [1.807, 2.05) is 0 Å². The molecule has 0 aliphatic heterocycles. The van der Waals surface area contributed by atoms with Crippen molar-refractivity contribution in [3.63, 3.8) is 0 Å². The number of aromatic carboxylic acids is 1. The second-order valence-corrected chi connectivity index (χ2v) is 8.66. The summed E-state index contributed by atoms with van der Waals surface area (Å²) in [4.78, 5) is 23.4. The van der Waals surface area contributed by atoms with Crippen LogP contribution < -0.4 is 5.32 Å². The molecule has 1 fully saturated rings. The molecule has 0 heterocycles. The van der Waals surface area contributed by atoms with Gasteiger partial charge < -0.3 is 10.4 Å². The van der Waals surface area contributed by atoms with Crippen molar-refractivity contribution in [1.29, 1.82) is 0 Å². The summed E-state index contributed by atoms with van der Waals surface area (Å²) in [6.07, 6.45) is 3.07. The van der Waals surface area contributed by atoms with Gasteiger partial charge >= 0.3 is 5.97 Å². The van der Waals surface area contributed by atoms with Crippen molar-refractivity contribution in [1.82, 2.24) is 0 Å². The van der Waals surface area contributed by atoms with E-state index < -0.39 is 27.5 Å². The number of amides is 1. The van der Waals surface area contributed by atoms with Crippen molar-refractivity contribution < 1.29 is 27.5 Å². The Labute approximate surface area is 155 Å². The van der Waals surface area contributed by atoms with Gasteiger partial charge in [0.05, 0.1) is 21.4 Å². The van der Waals surface area contributed by atoms with Crippen molar-refractivity contribution >= 4 is 27.4 Å². The topological polar surface area (TPSA) is 101 Å². The summed E-state index contributed by atoms with van der Waals surface area (Å²) < 4.78 is 38.9. The van der Waals surface area contributed by atoms with Crippen LogP contribution in [0.2, 0.25) is 0 Å². The molecule has 2 aromatic rings. The zero-order valence-corrected chi connectivity index (χ0v) is 15.1. The predicted molar refractivity (Wildman–Crippen MR) is 97.2 cm³/mol. The fourth-order valence-corrected chi connectivity index (χ4v) is 4.99. The molecule has 1 aliphatic rings. The molecule has 0 spiro atoms. The number of carboxylic acid groups (broad SMARTS) is 1. The Morgan fingerprint density at radius 3 is 2.19 bits per heavy atom. The van der Waals surface area contributed by atoms with Gasteiger partial charge in [-0.05, 0) is 55.3 Å². The zero-order chi connectivity index (χ0) is 19.6. The average Bonchev–Trinajstić information content (AvgIpc) is 3.19. The van der Waals surface area contributed by atoms with Crippen molar-refractivity contribution in [3.8, 4) is 0 Å². The number of carboxylic acids is 1. The second kappa shape index (κ2) is 7.48. The van der Waals surface area contributed by atoms with Crippen LogP contribution in [-0.4, -0.2) is 30.7 Å². The Hall–Kier alpha value is -2.74. The van der Waals surface area contributed by atoms with E-state index in [0.29, 0.717) is 12.8 Å². The summed E-state index contributed by atoms with van der Waals surface area (Å²) in [5.74, 6) is -2.68. The van der Waals surface area contributed by atoms with Gasteiger partial charge in [0, 0.05) is 5.56 Å². The summed E-state index contributed by atoms with van der Waals surface area (Å²) in [6.45, 7) is 0. The lowest BCUT2D eigenvalue weighted by Crippen LogP contribution is -2.18. The summed E-state index contributed by atoms with van der Waals surface area (Å²) in [5.41, 5.74) is -0.284.